The molecular weight excluding hydrogens is 407 g/mol. The van der Waals surface area contributed by atoms with Gasteiger partial charge in [0.1, 0.15) is 18.1 Å². The number of anilines is 1. The predicted octanol–water partition coefficient (Wildman–Crippen LogP) is 6.16. The van der Waals surface area contributed by atoms with Gasteiger partial charge in [-0.1, -0.05) is 12.1 Å². The second kappa shape index (κ2) is 9.12. The molecule has 3 rings (SSSR count). The molecule has 0 aliphatic rings. The number of nitrogens with one attached hydrogen (secondary N) is 1. The van der Waals surface area contributed by atoms with E-state index in [4.69, 9.17) is 9.47 Å². The van der Waals surface area contributed by atoms with E-state index in [0.29, 0.717) is 17.1 Å². The first kappa shape index (κ1) is 22.2. The van der Waals surface area contributed by atoms with Crippen molar-refractivity contribution in [3.63, 3.8) is 0 Å². The lowest BCUT2D eigenvalue weighted by atomic mass is 10.1. The number of benzene rings is 3. The van der Waals surface area contributed by atoms with Gasteiger partial charge in [-0.05, 0) is 73.5 Å². The van der Waals surface area contributed by atoms with E-state index in [0.717, 1.165) is 23.3 Å². The van der Waals surface area contributed by atoms with Crippen LogP contribution in [0, 0.1) is 13.8 Å². The zero-order valence-electron chi connectivity index (χ0n) is 17.3. The molecule has 0 unspecified atom stereocenters. The summed E-state index contributed by atoms with van der Waals surface area (Å²) in [7, 11) is 1.51. The number of alkyl halides is 3. The quantitative estimate of drug-likeness (QED) is 0.510. The SMILES string of the molecule is COc1ccc(C(=O)Nc2cccc(C(F)(F)F)c2)cc1COc1cc(C)cc(C)c1. The summed E-state index contributed by atoms with van der Waals surface area (Å²) >= 11 is 0. The molecular formula is C24H22F3NO3. The van der Waals surface area contributed by atoms with Crippen molar-refractivity contribution in [3.8, 4) is 11.5 Å². The Bertz CT molecular complexity index is 1070. The number of hydrogen-bond acceptors (Lipinski definition) is 3. The zero-order chi connectivity index (χ0) is 22.6. The summed E-state index contributed by atoms with van der Waals surface area (Å²) in [5.74, 6) is 0.702. The van der Waals surface area contributed by atoms with E-state index >= 15 is 0 Å². The third-order valence-electron chi connectivity index (χ3n) is 4.58. The van der Waals surface area contributed by atoms with Gasteiger partial charge in [0.15, 0.2) is 0 Å². The van der Waals surface area contributed by atoms with Gasteiger partial charge in [0.05, 0.1) is 12.7 Å². The van der Waals surface area contributed by atoms with Crippen molar-refractivity contribution in [2.75, 3.05) is 12.4 Å². The summed E-state index contributed by atoms with van der Waals surface area (Å²) in [5.41, 5.74) is 2.27. The topological polar surface area (TPSA) is 47.6 Å². The Morgan fingerprint density at radius 3 is 2.32 bits per heavy atom. The smallest absolute Gasteiger partial charge is 0.416 e. The molecule has 3 aromatic carbocycles. The summed E-state index contributed by atoms with van der Waals surface area (Å²) in [5, 5.41) is 2.50. The molecule has 1 amide bonds. The first-order valence-corrected chi connectivity index (χ1v) is 9.52. The third kappa shape index (κ3) is 5.78. The lowest BCUT2D eigenvalue weighted by Gasteiger charge is -2.14. The number of amides is 1. The predicted molar refractivity (Wildman–Crippen MR) is 113 cm³/mol. The van der Waals surface area contributed by atoms with E-state index in [1.807, 2.05) is 32.0 Å². The molecule has 0 aliphatic heterocycles. The average Bonchev–Trinajstić information content (AvgIpc) is 2.71. The van der Waals surface area contributed by atoms with Crippen LogP contribution >= 0.6 is 0 Å². The number of rotatable bonds is 6. The molecule has 0 radical (unpaired) electrons. The molecule has 162 valence electrons. The standard InChI is InChI=1S/C24H22F3NO3/c1-15-9-16(2)11-21(10-15)31-14-18-12-17(7-8-22(18)30-3)23(29)28-20-6-4-5-19(13-20)24(25,26)27/h4-13H,14H2,1-3H3,(H,28,29). The van der Waals surface area contributed by atoms with Gasteiger partial charge in [0.2, 0.25) is 0 Å². The summed E-state index contributed by atoms with van der Waals surface area (Å²) < 4.78 is 49.9. The molecule has 7 heteroatoms. The maximum absolute atomic E-state index is 12.9. The monoisotopic (exact) mass is 429 g/mol. The van der Waals surface area contributed by atoms with E-state index in [9.17, 15) is 18.0 Å². The number of methoxy groups -OCH3 is 1. The Morgan fingerprint density at radius 1 is 0.968 bits per heavy atom. The molecule has 0 saturated heterocycles. The second-order valence-electron chi connectivity index (χ2n) is 7.17. The molecule has 0 bridgehead atoms. The minimum atomic E-state index is -4.49. The maximum atomic E-state index is 12.9. The van der Waals surface area contributed by atoms with Crippen LogP contribution in [0.25, 0.3) is 0 Å². The molecule has 0 heterocycles. The fraction of sp³-hybridized carbons (Fsp3) is 0.208. The van der Waals surface area contributed by atoms with Crippen molar-refractivity contribution >= 4 is 11.6 Å². The highest BCUT2D eigenvalue weighted by molar-refractivity contribution is 6.04. The second-order valence-corrected chi connectivity index (χ2v) is 7.17. The molecule has 1 N–H and O–H groups in total. The summed E-state index contributed by atoms with van der Waals surface area (Å²) in [6, 6.07) is 15.1. The highest BCUT2D eigenvalue weighted by Crippen LogP contribution is 2.31. The van der Waals surface area contributed by atoms with Crippen LogP contribution in [-0.2, 0) is 12.8 Å². The highest BCUT2D eigenvalue weighted by Gasteiger charge is 2.30. The lowest BCUT2D eigenvalue weighted by Crippen LogP contribution is -2.14. The Labute approximate surface area is 178 Å². The van der Waals surface area contributed by atoms with Gasteiger partial charge in [0, 0.05) is 16.8 Å². The molecule has 0 aromatic heterocycles. The number of ether oxygens (including phenoxy) is 2. The molecule has 0 atom stereocenters. The van der Waals surface area contributed by atoms with Gasteiger partial charge >= 0.3 is 6.18 Å². The Morgan fingerprint density at radius 2 is 1.68 bits per heavy atom. The first-order chi connectivity index (χ1) is 14.7. The summed E-state index contributed by atoms with van der Waals surface area (Å²) in [4.78, 5) is 12.6. The Hall–Kier alpha value is -3.48. The van der Waals surface area contributed by atoms with Crippen molar-refractivity contribution in [2.45, 2.75) is 26.6 Å². The van der Waals surface area contributed by atoms with Gasteiger partial charge in [0.25, 0.3) is 5.91 Å². The van der Waals surface area contributed by atoms with Crippen molar-refractivity contribution < 1.29 is 27.4 Å². The largest absolute Gasteiger partial charge is 0.496 e. The van der Waals surface area contributed by atoms with Crippen molar-refractivity contribution in [1.82, 2.24) is 0 Å². The molecule has 0 fully saturated rings. The maximum Gasteiger partial charge on any atom is 0.416 e. The average molecular weight is 429 g/mol. The molecule has 0 saturated carbocycles. The number of carbonyl (C=O) groups is 1. The normalized spacial score (nSPS) is 11.2. The van der Waals surface area contributed by atoms with E-state index < -0.39 is 17.6 Å². The summed E-state index contributed by atoms with van der Waals surface area (Å²) in [6.45, 7) is 4.11. The highest BCUT2D eigenvalue weighted by atomic mass is 19.4. The van der Waals surface area contributed by atoms with Crippen LogP contribution in [0.15, 0.2) is 60.7 Å². The van der Waals surface area contributed by atoms with E-state index in [1.54, 1.807) is 18.2 Å². The van der Waals surface area contributed by atoms with Gasteiger partial charge < -0.3 is 14.8 Å². The fourth-order valence-corrected chi connectivity index (χ4v) is 3.19. The van der Waals surface area contributed by atoms with E-state index in [-0.39, 0.29) is 17.9 Å². The molecule has 0 aliphatic carbocycles. The number of aryl methyl sites for hydroxylation is 2. The fourth-order valence-electron chi connectivity index (χ4n) is 3.19. The van der Waals surface area contributed by atoms with Crippen molar-refractivity contribution in [3.05, 3.63) is 88.5 Å². The van der Waals surface area contributed by atoms with E-state index in [1.165, 1.54) is 19.2 Å². The van der Waals surface area contributed by atoms with E-state index in [2.05, 4.69) is 5.32 Å². The first-order valence-electron chi connectivity index (χ1n) is 9.52. The van der Waals surface area contributed by atoms with Crippen molar-refractivity contribution in [2.24, 2.45) is 0 Å². The van der Waals surface area contributed by atoms with Crippen LogP contribution in [0.1, 0.15) is 32.6 Å². The minimum Gasteiger partial charge on any atom is -0.496 e. The van der Waals surface area contributed by atoms with Crippen LogP contribution in [0.4, 0.5) is 18.9 Å². The van der Waals surface area contributed by atoms with Crippen LogP contribution in [0.3, 0.4) is 0 Å². The third-order valence-corrected chi connectivity index (χ3v) is 4.58. The van der Waals surface area contributed by atoms with Crippen LogP contribution in [-0.4, -0.2) is 13.0 Å². The minimum absolute atomic E-state index is 0.0590. The van der Waals surface area contributed by atoms with Gasteiger partial charge in [-0.3, -0.25) is 4.79 Å². The Balaban J connectivity index is 1.78. The Kier molecular flexibility index (Phi) is 6.53. The molecule has 3 aromatic rings. The van der Waals surface area contributed by atoms with Crippen LogP contribution in [0.2, 0.25) is 0 Å². The van der Waals surface area contributed by atoms with Gasteiger partial charge in [-0.15, -0.1) is 0 Å². The van der Waals surface area contributed by atoms with Gasteiger partial charge in [-0.2, -0.15) is 13.2 Å². The number of carbonyl (C=O) groups excluding carboxylic acids is 1. The summed E-state index contributed by atoms with van der Waals surface area (Å²) in [6.07, 6.45) is -4.49. The van der Waals surface area contributed by atoms with Crippen LogP contribution < -0.4 is 14.8 Å². The molecule has 31 heavy (non-hydrogen) atoms. The van der Waals surface area contributed by atoms with Gasteiger partial charge in [-0.25, -0.2) is 0 Å². The zero-order valence-corrected chi connectivity index (χ0v) is 17.3. The van der Waals surface area contributed by atoms with Crippen molar-refractivity contribution in [1.29, 1.82) is 0 Å². The molecule has 4 nitrogen and oxygen atoms in total. The number of hydrogen-bond donors (Lipinski definition) is 1. The number of halogens is 3. The molecule has 0 spiro atoms. The van der Waals surface area contributed by atoms with Crippen LogP contribution in [0.5, 0.6) is 11.5 Å². The lowest BCUT2D eigenvalue weighted by molar-refractivity contribution is -0.137.